The van der Waals surface area contributed by atoms with E-state index in [2.05, 4.69) is 16.0 Å². The van der Waals surface area contributed by atoms with Crippen LogP contribution in [-0.4, -0.2) is 41.5 Å². The number of ether oxygens (including phenoxy) is 1. The summed E-state index contributed by atoms with van der Waals surface area (Å²) in [5.41, 5.74) is 1.43. The Kier molecular flexibility index (Phi) is 4.15. The molecule has 3 heterocycles. The largest absolute Gasteiger partial charge is 0.390 e. The molecule has 0 aliphatic carbocycles. The smallest absolute Gasteiger partial charge is 0.0737 e. The van der Waals surface area contributed by atoms with Crippen LogP contribution in [0.5, 0.6) is 0 Å². The minimum absolute atomic E-state index is 0.129. The van der Waals surface area contributed by atoms with Gasteiger partial charge >= 0.3 is 0 Å². The molecule has 2 aliphatic heterocycles. The van der Waals surface area contributed by atoms with Crippen LogP contribution in [0.4, 0.5) is 5.69 Å². The summed E-state index contributed by atoms with van der Waals surface area (Å²) >= 11 is 6.12. The van der Waals surface area contributed by atoms with E-state index < -0.39 is 5.60 Å². The quantitative estimate of drug-likeness (QED) is 0.901. The molecule has 2 aromatic rings. The SMILES string of the molecule is C[C@]1(O)CCOC[C@@H]1[C@@H]1CCCN1c1ccnc2cc(Cl)ccc12. The van der Waals surface area contributed by atoms with Crippen LogP contribution >= 0.6 is 11.6 Å². The summed E-state index contributed by atoms with van der Waals surface area (Å²) in [6, 6.07) is 8.24. The van der Waals surface area contributed by atoms with Crippen LogP contribution in [0.2, 0.25) is 5.02 Å². The molecule has 1 aromatic carbocycles. The molecule has 0 spiro atoms. The monoisotopic (exact) mass is 346 g/mol. The lowest BCUT2D eigenvalue weighted by Gasteiger charge is -2.44. The lowest BCUT2D eigenvalue weighted by Crippen LogP contribution is -2.52. The second-order valence-electron chi connectivity index (χ2n) is 7.18. The van der Waals surface area contributed by atoms with Crippen LogP contribution in [0.25, 0.3) is 10.9 Å². The number of aromatic nitrogens is 1. The number of benzene rings is 1. The van der Waals surface area contributed by atoms with Gasteiger partial charge in [0.1, 0.15) is 0 Å². The highest BCUT2D eigenvalue weighted by atomic mass is 35.5. The molecule has 24 heavy (non-hydrogen) atoms. The summed E-state index contributed by atoms with van der Waals surface area (Å²) in [7, 11) is 0. The van der Waals surface area contributed by atoms with Crippen LogP contribution in [0, 0.1) is 5.92 Å². The number of hydrogen-bond donors (Lipinski definition) is 1. The van der Waals surface area contributed by atoms with E-state index in [4.69, 9.17) is 16.3 Å². The van der Waals surface area contributed by atoms with Gasteiger partial charge in [0.15, 0.2) is 0 Å². The molecule has 0 radical (unpaired) electrons. The van der Waals surface area contributed by atoms with Gasteiger partial charge in [-0.05, 0) is 50.5 Å². The van der Waals surface area contributed by atoms with Gasteiger partial charge in [-0.1, -0.05) is 11.6 Å². The number of halogens is 1. The molecule has 0 saturated carbocycles. The average molecular weight is 347 g/mol. The first kappa shape index (κ1) is 16.1. The van der Waals surface area contributed by atoms with E-state index in [1.54, 1.807) is 0 Å². The fourth-order valence-corrected chi connectivity index (χ4v) is 4.41. The Morgan fingerprint density at radius 2 is 2.25 bits per heavy atom. The maximum atomic E-state index is 10.9. The van der Waals surface area contributed by atoms with E-state index in [0.29, 0.717) is 30.7 Å². The van der Waals surface area contributed by atoms with Crippen molar-refractivity contribution in [3.05, 3.63) is 35.5 Å². The highest BCUT2D eigenvalue weighted by molar-refractivity contribution is 6.31. The Hall–Kier alpha value is -1.36. The molecule has 1 aromatic heterocycles. The zero-order chi connectivity index (χ0) is 16.7. The van der Waals surface area contributed by atoms with Crippen molar-refractivity contribution >= 4 is 28.2 Å². The number of anilines is 1. The predicted octanol–water partition coefficient (Wildman–Crippen LogP) is 3.64. The first-order valence-electron chi connectivity index (χ1n) is 8.67. The average Bonchev–Trinajstić information content (AvgIpc) is 3.02. The molecule has 0 unspecified atom stereocenters. The van der Waals surface area contributed by atoms with Crippen molar-refractivity contribution in [3.8, 4) is 0 Å². The van der Waals surface area contributed by atoms with Gasteiger partial charge in [-0.3, -0.25) is 4.98 Å². The first-order valence-corrected chi connectivity index (χ1v) is 9.05. The second-order valence-corrected chi connectivity index (χ2v) is 7.62. The third-order valence-corrected chi connectivity index (χ3v) is 5.84. The highest BCUT2D eigenvalue weighted by Gasteiger charge is 2.44. The van der Waals surface area contributed by atoms with Crippen molar-refractivity contribution in [1.82, 2.24) is 4.98 Å². The van der Waals surface area contributed by atoms with E-state index in [0.717, 1.165) is 30.3 Å². The second kappa shape index (κ2) is 6.17. The zero-order valence-electron chi connectivity index (χ0n) is 13.9. The third kappa shape index (κ3) is 2.77. The fraction of sp³-hybridized carbons (Fsp3) is 0.526. The molecule has 5 heteroatoms. The maximum absolute atomic E-state index is 10.9. The van der Waals surface area contributed by atoms with Crippen molar-refractivity contribution in [1.29, 1.82) is 0 Å². The fourth-order valence-electron chi connectivity index (χ4n) is 4.25. The van der Waals surface area contributed by atoms with Crippen LogP contribution < -0.4 is 4.90 Å². The van der Waals surface area contributed by atoms with E-state index in [-0.39, 0.29) is 5.92 Å². The van der Waals surface area contributed by atoms with Gasteiger partial charge in [0.25, 0.3) is 0 Å². The number of rotatable bonds is 2. The van der Waals surface area contributed by atoms with Gasteiger partial charge in [-0.2, -0.15) is 0 Å². The van der Waals surface area contributed by atoms with E-state index in [9.17, 15) is 5.11 Å². The minimum atomic E-state index is -0.669. The maximum Gasteiger partial charge on any atom is 0.0737 e. The summed E-state index contributed by atoms with van der Waals surface area (Å²) < 4.78 is 5.70. The Balaban J connectivity index is 1.73. The molecule has 1 N–H and O–H groups in total. The summed E-state index contributed by atoms with van der Waals surface area (Å²) in [4.78, 5) is 6.89. The van der Waals surface area contributed by atoms with Crippen LogP contribution in [0.3, 0.4) is 0 Å². The molecule has 128 valence electrons. The number of aliphatic hydroxyl groups is 1. The van der Waals surface area contributed by atoms with Gasteiger partial charge in [-0.15, -0.1) is 0 Å². The van der Waals surface area contributed by atoms with Gasteiger partial charge < -0.3 is 14.7 Å². The molecule has 3 atom stereocenters. The normalized spacial score (nSPS) is 30.9. The molecule has 2 saturated heterocycles. The van der Waals surface area contributed by atoms with Crippen molar-refractivity contribution in [2.45, 2.75) is 37.8 Å². The number of pyridine rings is 1. The first-order chi connectivity index (χ1) is 11.6. The molecule has 2 fully saturated rings. The summed E-state index contributed by atoms with van der Waals surface area (Å²) in [6.45, 7) is 4.23. The van der Waals surface area contributed by atoms with Gasteiger partial charge in [0.2, 0.25) is 0 Å². The Bertz CT molecular complexity index is 749. The minimum Gasteiger partial charge on any atom is -0.390 e. The molecular weight excluding hydrogens is 324 g/mol. The van der Waals surface area contributed by atoms with Crippen LogP contribution in [-0.2, 0) is 4.74 Å². The molecule has 4 nitrogen and oxygen atoms in total. The highest BCUT2D eigenvalue weighted by Crippen LogP contribution is 2.40. The zero-order valence-corrected chi connectivity index (χ0v) is 14.7. The van der Waals surface area contributed by atoms with Gasteiger partial charge in [0.05, 0.1) is 17.7 Å². The number of hydrogen-bond acceptors (Lipinski definition) is 4. The molecular formula is C19H23ClN2O2. The van der Waals surface area contributed by atoms with E-state index in [1.165, 1.54) is 5.69 Å². The lowest BCUT2D eigenvalue weighted by atomic mass is 9.79. The van der Waals surface area contributed by atoms with E-state index >= 15 is 0 Å². The molecule has 2 aliphatic rings. The standard InChI is InChI=1S/C19H23ClN2O2/c1-19(23)7-10-24-12-15(19)18-3-2-9-22(18)17-6-8-21-16-11-13(20)4-5-14(16)17/h4-6,8,11,15,18,23H,2-3,7,9-10,12H2,1H3/t15-,18+,19+/m1/s1. The van der Waals surface area contributed by atoms with Crippen molar-refractivity contribution in [3.63, 3.8) is 0 Å². The third-order valence-electron chi connectivity index (χ3n) is 5.60. The van der Waals surface area contributed by atoms with Crippen molar-refractivity contribution in [2.24, 2.45) is 5.92 Å². The lowest BCUT2D eigenvalue weighted by molar-refractivity contribution is -0.108. The topological polar surface area (TPSA) is 45.6 Å². The molecule has 4 rings (SSSR count). The van der Waals surface area contributed by atoms with Crippen LogP contribution in [0.1, 0.15) is 26.2 Å². The number of fused-ring (bicyclic) bond motifs is 1. The summed E-state index contributed by atoms with van der Waals surface area (Å²) in [6.07, 6.45) is 4.77. The molecule has 0 amide bonds. The molecule has 0 bridgehead atoms. The van der Waals surface area contributed by atoms with E-state index in [1.807, 2.05) is 31.3 Å². The Labute approximate surface area is 147 Å². The number of nitrogens with zero attached hydrogens (tertiary/aromatic N) is 2. The Morgan fingerprint density at radius 1 is 1.38 bits per heavy atom. The summed E-state index contributed by atoms with van der Waals surface area (Å²) in [5, 5.41) is 12.7. The summed E-state index contributed by atoms with van der Waals surface area (Å²) in [5.74, 6) is 0.129. The van der Waals surface area contributed by atoms with Crippen LogP contribution in [0.15, 0.2) is 30.5 Å². The predicted molar refractivity (Wildman–Crippen MR) is 96.7 cm³/mol. The van der Waals surface area contributed by atoms with Gasteiger partial charge in [0, 0.05) is 47.4 Å². The van der Waals surface area contributed by atoms with Crippen molar-refractivity contribution in [2.75, 3.05) is 24.7 Å². The van der Waals surface area contributed by atoms with Gasteiger partial charge in [-0.25, -0.2) is 0 Å². The van der Waals surface area contributed by atoms with Crippen molar-refractivity contribution < 1.29 is 9.84 Å². The Morgan fingerprint density at radius 3 is 3.08 bits per heavy atom.